The summed E-state index contributed by atoms with van der Waals surface area (Å²) in [4.78, 5) is 0. The minimum Gasteiger partial charge on any atom is -0.388 e. The van der Waals surface area contributed by atoms with Crippen molar-refractivity contribution in [3.05, 3.63) is 60.2 Å². The van der Waals surface area contributed by atoms with E-state index in [-0.39, 0.29) is 6.10 Å². The van der Waals surface area contributed by atoms with Crippen molar-refractivity contribution in [1.82, 2.24) is 0 Å². The number of hydrogen-bond donors (Lipinski definition) is 1. The minimum atomic E-state index is -0.372. The highest BCUT2D eigenvalue weighted by molar-refractivity contribution is 5.63. The van der Waals surface area contributed by atoms with Crippen molar-refractivity contribution in [2.75, 3.05) is 13.2 Å². The van der Waals surface area contributed by atoms with Gasteiger partial charge in [-0.1, -0.05) is 54.6 Å². The van der Waals surface area contributed by atoms with Crippen LogP contribution in [0.15, 0.2) is 54.6 Å². The number of rotatable bonds is 3. The lowest BCUT2D eigenvalue weighted by molar-refractivity contribution is 0.00719. The predicted octanol–water partition coefficient (Wildman–Crippen LogP) is 3.81. The van der Waals surface area contributed by atoms with Gasteiger partial charge in [0.15, 0.2) is 0 Å². The van der Waals surface area contributed by atoms with Gasteiger partial charge in [-0.15, -0.1) is 0 Å². The topological polar surface area (TPSA) is 29.5 Å². The highest BCUT2D eigenvalue weighted by Crippen LogP contribution is 2.31. The Morgan fingerprint density at radius 2 is 1.45 bits per heavy atom. The first-order valence-corrected chi connectivity index (χ1v) is 7.26. The minimum absolute atomic E-state index is 0.325. The molecule has 2 nitrogen and oxygen atoms in total. The van der Waals surface area contributed by atoms with Gasteiger partial charge in [0, 0.05) is 13.2 Å². The summed E-state index contributed by atoms with van der Waals surface area (Å²) >= 11 is 0. The Balaban J connectivity index is 1.75. The van der Waals surface area contributed by atoms with E-state index in [2.05, 4.69) is 24.3 Å². The summed E-state index contributed by atoms with van der Waals surface area (Å²) in [7, 11) is 0. The van der Waals surface area contributed by atoms with Crippen LogP contribution in [-0.4, -0.2) is 18.3 Å². The van der Waals surface area contributed by atoms with Crippen molar-refractivity contribution in [2.45, 2.75) is 18.9 Å². The van der Waals surface area contributed by atoms with Crippen molar-refractivity contribution in [2.24, 2.45) is 5.92 Å². The van der Waals surface area contributed by atoms with Crippen LogP contribution in [0.5, 0.6) is 0 Å². The fourth-order valence-corrected chi connectivity index (χ4v) is 2.81. The van der Waals surface area contributed by atoms with E-state index in [1.807, 2.05) is 30.3 Å². The molecule has 1 saturated heterocycles. The lowest BCUT2D eigenvalue weighted by Gasteiger charge is -2.27. The molecule has 2 aromatic carbocycles. The Morgan fingerprint density at radius 3 is 2.10 bits per heavy atom. The molecule has 1 aliphatic heterocycles. The first-order chi connectivity index (χ1) is 9.84. The van der Waals surface area contributed by atoms with E-state index < -0.39 is 0 Å². The van der Waals surface area contributed by atoms with Gasteiger partial charge in [-0.2, -0.15) is 0 Å². The molecule has 0 radical (unpaired) electrons. The van der Waals surface area contributed by atoms with Crippen molar-refractivity contribution >= 4 is 0 Å². The Bertz CT molecular complexity index is 527. The zero-order chi connectivity index (χ0) is 13.8. The van der Waals surface area contributed by atoms with Crippen LogP contribution in [0, 0.1) is 5.92 Å². The maximum Gasteiger partial charge on any atom is 0.0819 e. The summed E-state index contributed by atoms with van der Waals surface area (Å²) < 4.78 is 5.35. The van der Waals surface area contributed by atoms with Crippen molar-refractivity contribution in [3.8, 4) is 11.1 Å². The molecule has 0 spiro atoms. The van der Waals surface area contributed by atoms with Gasteiger partial charge in [0.05, 0.1) is 6.10 Å². The number of hydrogen-bond acceptors (Lipinski definition) is 2. The highest BCUT2D eigenvalue weighted by Gasteiger charge is 2.23. The summed E-state index contributed by atoms with van der Waals surface area (Å²) in [5, 5.41) is 10.5. The summed E-state index contributed by atoms with van der Waals surface area (Å²) in [6.07, 6.45) is 1.52. The Hall–Kier alpha value is -1.64. The standard InChI is InChI=1S/C18H20O2/c19-18(17-10-12-20-13-11-17)16-8-6-15(7-9-16)14-4-2-1-3-5-14/h1-9,17-19H,10-13H2. The molecule has 1 unspecified atom stereocenters. The van der Waals surface area contributed by atoms with Gasteiger partial charge in [-0.25, -0.2) is 0 Å². The summed E-state index contributed by atoms with van der Waals surface area (Å²) in [5.74, 6) is 0.325. The molecule has 0 saturated carbocycles. The third kappa shape index (κ3) is 2.92. The van der Waals surface area contributed by atoms with Gasteiger partial charge in [0.2, 0.25) is 0 Å². The van der Waals surface area contributed by atoms with Gasteiger partial charge >= 0.3 is 0 Å². The number of benzene rings is 2. The van der Waals surface area contributed by atoms with Crippen LogP contribution in [-0.2, 0) is 4.74 Å². The van der Waals surface area contributed by atoms with Crippen LogP contribution in [0.25, 0.3) is 11.1 Å². The van der Waals surface area contributed by atoms with E-state index >= 15 is 0 Å². The van der Waals surface area contributed by atoms with E-state index in [9.17, 15) is 5.11 Å². The van der Waals surface area contributed by atoms with Crippen LogP contribution in [0.4, 0.5) is 0 Å². The zero-order valence-electron chi connectivity index (χ0n) is 11.5. The average molecular weight is 268 g/mol. The molecule has 104 valence electrons. The first kappa shape index (κ1) is 13.3. The van der Waals surface area contributed by atoms with Crippen LogP contribution in [0.1, 0.15) is 24.5 Å². The SMILES string of the molecule is OC(c1ccc(-c2ccccc2)cc1)C1CCOCC1. The van der Waals surface area contributed by atoms with Gasteiger partial charge < -0.3 is 9.84 Å². The van der Waals surface area contributed by atoms with E-state index in [0.29, 0.717) is 5.92 Å². The molecule has 1 fully saturated rings. The average Bonchev–Trinajstić information content (AvgIpc) is 2.56. The lowest BCUT2D eigenvalue weighted by atomic mass is 9.89. The fraction of sp³-hybridized carbons (Fsp3) is 0.333. The lowest BCUT2D eigenvalue weighted by Crippen LogP contribution is -2.21. The van der Waals surface area contributed by atoms with Crippen LogP contribution >= 0.6 is 0 Å². The van der Waals surface area contributed by atoms with Crippen LogP contribution in [0.3, 0.4) is 0 Å². The van der Waals surface area contributed by atoms with Gasteiger partial charge in [0.25, 0.3) is 0 Å². The molecule has 1 N–H and O–H groups in total. The second-order valence-corrected chi connectivity index (χ2v) is 5.38. The van der Waals surface area contributed by atoms with Gasteiger partial charge in [-0.05, 0) is 35.4 Å². The first-order valence-electron chi connectivity index (χ1n) is 7.26. The zero-order valence-corrected chi connectivity index (χ0v) is 11.5. The van der Waals surface area contributed by atoms with E-state index in [0.717, 1.165) is 31.6 Å². The molecule has 1 heterocycles. The van der Waals surface area contributed by atoms with Crippen molar-refractivity contribution in [3.63, 3.8) is 0 Å². The second-order valence-electron chi connectivity index (χ2n) is 5.38. The molecule has 0 aliphatic carbocycles. The third-order valence-corrected chi connectivity index (χ3v) is 4.07. The highest BCUT2D eigenvalue weighted by atomic mass is 16.5. The number of aliphatic hydroxyl groups excluding tert-OH is 1. The molecule has 3 rings (SSSR count). The molecule has 2 heteroatoms. The maximum absolute atomic E-state index is 10.5. The number of aliphatic hydroxyl groups is 1. The molecule has 0 aromatic heterocycles. The van der Waals surface area contributed by atoms with Gasteiger partial charge in [-0.3, -0.25) is 0 Å². The molecular formula is C18H20O2. The van der Waals surface area contributed by atoms with Crippen molar-refractivity contribution < 1.29 is 9.84 Å². The smallest absolute Gasteiger partial charge is 0.0819 e. The quantitative estimate of drug-likeness (QED) is 0.917. The maximum atomic E-state index is 10.5. The Labute approximate surface area is 120 Å². The van der Waals surface area contributed by atoms with E-state index in [1.165, 1.54) is 11.1 Å². The third-order valence-electron chi connectivity index (χ3n) is 4.07. The molecule has 2 aromatic rings. The van der Waals surface area contributed by atoms with E-state index in [1.54, 1.807) is 0 Å². The summed E-state index contributed by atoms with van der Waals surface area (Å²) in [5.41, 5.74) is 3.41. The Morgan fingerprint density at radius 1 is 0.850 bits per heavy atom. The monoisotopic (exact) mass is 268 g/mol. The predicted molar refractivity (Wildman–Crippen MR) is 80.4 cm³/mol. The number of ether oxygens (including phenoxy) is 1. The molecule has 0 amide bonds. The summed E-state index contributed by atoms with van der Waals surface area (Å²) in [6.45, 7) is 1.54. The van der Waals surface area contributed by atoms with Gasteiger partial charge in [0.1, 0.15) is 0 Å². The summed E-state index contributed by atoms with van der Waals surface area (Å²) in [6, 6.07) is 18.6. The second kappa shape index (κ2) is 6.21. The van der Waals surface area contributed by atoms with E-state index in [4.69, 9.17) is 4.74 Å². The molecule has 0 bridgehead atoms. The van der Waals surface area contributed by atoms with Crippen LogP contribution < -0.4 is 0 Å². The fourth-order valence-electron chi connectivity index (χ4n) is 2.81. The normalized spacial score (nSPS) is 17.9. The van der Waals surface area contributed by atoms with Crippen LogP contribution in [0.2, 0.25) is 0 Å². The van der Waals surface area contributed by atoms with Crippen molar-refractivity contribution in [1.29, 1.82) is 0 Å². The Kier molecular flexibility index (Phi) is 4.14. The molecule has 1 atom stereocenters. The molecule has 20 heavy (non-hydrogen) atoms. The molecular weight excluding hydrogens is 248 g/mol. The molecule has 1 aliphatic rings. The largest absolute Gasteiger partial charge is 0.388 e.